The Morgan fingerprint density at radius 3 is 2.23 bits per heavy atom. The van der Waals surface area contributed by atoms with Crippen molar-refractivity contribution in [2.75, 3.05) is 19.6 Å². The first-order chi connectivity index (χ1) is 16.1. The topological polar surface area (TPSA) is 58.6 Å². The lowest BCUT2D eigenvalue weighted by Crippen LogP contribution is -2.59. The van der Waals surface area contributed by atoms with Crippen molar-refractivity contribution < 1.29 is 31.9 Å². The van der Waals surface area contributed by atoms with Gasteiger partial charge in [-0.1, -0.05) is 18.6 Å². The van der Waals surface area contributed by atoms with Gasteiger partial charge in [-0.05, 0) is 89.8 Å². The van der Waals surface area contributed by atoms with Crippen LogP contribution in [-0.4, -0.2) is 53.7 Å². The van der Waals surface area contributed by atoms with Crippen molar-refractivity contribution in [1.82, 2.24) is 10.2 Å². The molecule has 1 aliphatic heterocycles. The zero-order valence-electron chi connectivity index (χ0n) is 21.2. The van der Waals surface area contributed by atoms with Crippen molar-refractivity contribution in [3.8, 4) is 0 Å². The van der Waals surface area contributed by atoms with Gasteiger partial charge in [0.2, 0.25) is 0 Å². The molecule has 35 heavy (non-hydrogen) atoms. The molecule has 1 unspecified atom stereocenters. The lowest BCUT2D eigenvalue weighted by atomic mass is 9.67. The molecule has 1 amide bonds. The van der Waals surface area contributed by atoms with E-state index >= 15 is 0 Å². The van der Waals surface area contributed by atoms with Crippen LogP contribution in [0.4, 0.5) is 17.6 Å². The summed E-state index contributed by atoms with van der Waals surface area (Å²) in [6, 6.07) is 0. The fraction of sp³-hybridized carbons (Fsp3) is 0.769. The molecule has 3 aliphatic rings. The van der Waals surface area contributed by atoms with Gasteiger partial charge in [-0.15, -0.1) is 0 Å². The Balaban J connectivity index is 1.73. The molecule has 0 aromatic carbocycles. The number of nitrogens with one attached hydrogen (secondary N) is 1. The van der Waals surface area contributed by atoms with E-state index < -0.39 is 23.1 Å². The number of nitrogens with zero attached hydrogens (tertiary/aromatic N) is 1. The SMILES string of the molecule is CC1CC(F)=CC=C1CC1(CNC(=O)C(F)(F)F)CCN(C2(CC(=O)OC(C)(C)C)CCC2)CC1. The highest BCUT2D eigenvalue weighted by atomic mass is 19.4. The number of halogens is 4. The van der Waals surface area contributed by atoms with Crippen molar-refractivity contribution in [2.24, 2.45) is 11.3 Å². The van der Waals surface area contributed by atoms with E-state index in [1.54, 1.807) is 6.08 Å². The first kappa shape index (κ1) is 27.7. The van der Waals surface area contributed by atoms with Crippen LogP contribution >= 0.6 is 0 Å². The van der Waals surface area contributed by atoms with E-state index in [4.69, 9.17) is 4.74 Å². The van der Waals surface area contributed by atoms with Gasteiger partial charge < -0.3 is 10.1 Å². The summed E-state index contributed by atoms with van der Waals surface area (Å²) in [5.74, 6) is -2.42. The highest BCUT2D eigenvalue weighted by molar-refractivity contribution is 5.81. The Hall–Kier alpha value is -1.90. The number of esters is 1. The number of rotatable bonds is 7. The molecule has 1 saturated heterocycles. The third-order valence-corrected chi connectivity index (χ3v) is 7.75. The summed E-state index contributed by atoms with van der Waals surface area (Å²) in [6.07, 6.45) is 3.26. The summed E-state index contributed by atoms with van der Waals surface area (Å²) in [5, 5.41) is 2.11. The van der Waals surface area contributed by atoms with Crippen LogP contribution in [-0.2, 0) is 14.3 Å². The van der Waals surface area contributed by atoms with E-state index in [-0.39, 0.29) is 36.2 Å². The number of likely N-dealkylation sites (tertiary alicyclic amines) is 1. The zero-order valence-corrected chi connectivity index (χ0v) is 21.2. The van der Waals surface area contributed by atoms with E-state index in [2.05, 4.69) is 10.2 Å². The molecule has 1 heterocycles. The fourth-order valence-corrected chi connectivity index (χ4v) is 5.59. The number of hydrogen-bond acceptors (Lipinski definition) is 4. The highest BCUT2D eigenvalue weighted by Crippen LogP contribution is 2.47. The Morgan fingerprint density at radius 1 is 1.11 bits per heavy atom. The Kier molecular flexibility index (Phi) is 8.09. The molecule has 0 aromatic heterocycles. The maximum absolute atomic E-state index is 13.7. The van der Waals surface area contributed by atoms with E-state index in [1.807, 2.05) is 27.7 Å². The molecule has 0 aromatic rings. The Bertz CT molecular complexity index is 861. The molecule has 3 rings (SSSR count). The normalized spacial score (nSPS) is 24.6. The third kappa shape index (κ3) is 7.08. The van der Waals surface area contributed by atoms with Gasteiger partial charge in [-0.3, -0.25) is 14.5 Å². The largest absolute Gasteiger partial charge is 0.471 e. The molecule has 1 N–H and O–H groups in total. The first-order valence-electron chi connectivity index (χ1n) is 12.5. The van der Waals surface area contributed by atoms with E-state index in [0.717, 1.165) is 24.8 Å². The van der Waals surface area contributed by atoms with Crippen LogP contribution < -0.4 is 5.32 Å². The summed E-state index contributed by atoms with van der Waals surface area (Å²) < 4.78 is 57.9. The standard InChI is InChI=1S/C26H38F4N2O3/c1-18-14-20(27)7-6-19(18)15-24(17-31-22(34)26(28,29)30)10-12-32(13-11-24)25(8-5-9-25)16-21(33)35-23(2,3)4/h6-7,18H,5,8-17H2,1-4H3,(H,31,34). The molecular formula is C26H38F4N2O3. The first-order valence-corrected chi connectivity index (χ1v) is 12.5. The summed E-state index contributed by atoms with van der Waals surface area (Å²) in [7, 11) is 0. The molecule has 0 radical (unpaired) electrons. The Labute approximate surface area is 205 Å². The number of carbonyl (C=O) groups is 2. The average Bonchev–Trinajstić information content (AvgIpc) is 2.70. The van der Waals surface area contributed by atoms with Gasteiger partial charge in [0.15, 0.2) is 0 Å². The molecule has 5 nitrogen and oxygen atoms in total. The minimum Gasteiger partial charge on any atom is -0.460 e. The van der Waals surface area contributed by atoms with E-state index in [1.165, 1.54) is 6.08 Å². The molecule has 1 saturated carbocycles. The minimum atomic E-state index is -4.94. The summed E-state index contributed by atoms with van der Waals surface area (Å²) in [6.45, 7) is 8.59. The molecular weight excluding hydrogens is 464 g/mol. The molecule has 198 valence electrons. The lowest BCUT2D eigenvalue weighted by molar-refractivity contribution is -0.174. The smallest absolute Gasteiger partial charge is 0.460 e. The molecule has 0 bridgehead atoms. The van der Waals surface area contributed by atoms with Crippen LogP contribution in [0.5, 0.6) is 0 Å². The van der Waals surface area contributed by atoms with Gasteiger partial charge >= 0.3 is 18.1 Å². The van der Waals surface area contributed by atoms with Gasteiger partial charge in [0, 0.05) is 18.5 Å². The van der Waals surface area contributed by atoms with Crippen molar-refractivity contribution >= 4 is 11.9 Å². The van der Waals surface area contributed by atoms with Crippen molar-refractivity contribution in [1.29, 1.82) is 0 Å². The number of piperidine rings is 1. The predicted octanol–water partition coefficient (Wildman–Crippen LogP) is 5.61. The number of allylic oxidation sites excluding steroid dienone is 4. The number of carbonyl (C=O) groups excluding carboxylic acids is 2. The van der Waals surface area contributed by atoms with Crippen LogP contribution in [0.15, 0.2) is 23.6 Å². The molecule has 1 atom stereocenters. The van der Waals surface area contributed by atoms with Crippen molar-refractivity contribution in [3.63, 3.8) is 0 Å². The second kappa shape index (κ2) is 10.2. The number of amides is 1. The van der Waals surface area contributed by atoms with Gasteiger partial charge in [-0.2, -0.15) is 13.2 Å². The quantitative estimate of drug-likeness (QED) is 0.363. The summed E-state index contributed by atoms with van der Waals surface area (Å²) >= 11 is 0. The van der Waals surface area contributed by atoms with Gasteiger partial charge in [0.05, 0.1) is 6.42 Å². The highest BCUT2D eigenvalue weighted by Gasteiger charge is 2.49. The predicted molar refractivity (Wildman–Crippen MR) is 125 cm³/mol. The number of alkyl halides is 3. The van der Waals surface area contributed by atoms with Gasteiger partial charge in [0.25, 0.3) is 0 Å². The van der Waals surface area contributed by atoms with Gasteiger partial charge in [0.1, 0.15) is 11.4 Å². The van der Waals surface area contributed by atoms with Crippen LogP contribution in [0, 0.1) is 11.3 Å². The minimum absolute atomic E-state index is 0.0432. The van der Waals surface area contributed by atoms with Crippen LogP contribution in [0.2, 0.25) is 0 Å². The second-order valence-corrected chi connectivity index (χ2v) is 11.6. The van der Waals surface area contributed by atoms with Crippen molar-refractivity contribution in [3.05, 3.63) is 23.6 Å². The number of hydrogen-bond donors (Lipinski definition) is 1. The van der Waals surface area contributed by atoms with E-state index in [0.29, 0.717) is 38.8 Å². The van der Waals surface area contributed by atoms with Gasteiger partial charge in [-0.25, -0.2) is 4.39 Å². The second-order valence-electron chi connectivity index (χ2n) is 11.6. The summed E-state index contributed by atoms with van der Waals surface area (Å²) in [4.78, 5) is 26.5. The maximum atomic E-state index is 13.7. The van der Waals surface area contributed by atoms with Crippen LogP contribution in [0.1, 0.15) is 79.1 Å². The summed E-state index contributed by atoms with van der Waals surface area (Å²) in [5.41, 5.74) is -0.398. The molecule has 9 heteroatoms. The average molecular weight is 503 g/mol. The molecule has 2 fully saturated rings. The molecule has 0 spiro atoms. The van der Waals surface area contributed by atoms with E-state index in [9.17, 15) is 27.2 Å². The molecule has 2 aliphatic carbocycles. The lowest BCUT2D eigenvalue weighted by Gasteiger charge is -2.54. The maximum Gasteiger partial charge on any atom is 0.471 e. The van der Waals surface area contributed by atoms with Crippen LogP contribution in [0.25, 0.3) is 0 Å². The monoisotopic (exact) mass is 502 g/mol. The fourth-order valence-electron chi connectivity index (χ4n) is 5.59. The van der Waals surface area contributed by atoms with Crippen molar-refractivity contribution in [2.45, 2.75) is 96.4 Å². The number of ether oxygens (including phenoxy) is 1. The third-order valence-electron chi connectivity index (χ3n) is 7.75. The Morgan fingerprint density at radius 2 is 1.74 bits per heavy atom. The zero-order chi connectivity index (χ0) is 26.1. The van der Waals surface area contributed by atoms with Crippen LogP contribution in [0.3, 0.4) is 0 Å².